The third-order valence-electron chi connectivity index (χ3n) is 0.368. The van der Waals surface area contributed by atoms with Crippen LogP contribution in [0.25, 0.3) is 0 Å². The van der Waals surface area contributed by atoms with E-state index in [0.29, 0.717) is 12.2 Å². The van der Waals surface area contributed by atoms with Gasteiger partial charge in [-0.15, -0.1) is 0 Å². The molecule has 6 heteroatoms. The van der Waals surface area contributed by atoms with E-state index in [2.05, 4.69) is 0 Å². The Morgan fingerprint density at radius 2 is 1.30 bits per heavy atom. The molecule has 0 bridgehead atoms. The summed E-state index contributed by atoms with van der Waals surface area (Å²) in [5.41, 5.74) is 0. The smallest absolute Gasteiger partial charge is 1.00 e. The molecule has 4 nitrogen and oxygen atoms in total. The van der Waals surface area contributed by atoms with Gasteiger partial charge in [-0.2, -0.15) is 0 Å². The molecule has 0 heterocycles. The Hall–Kier alpha value is 0.940. The zero-order valence-corrected chi connectivity index (χ0v) is 9.96. The summed E-state index contributed by atoms with van der Waals surface area (Å²) in [5, 5.41) is 15.6. The maximum Gasteiger partial charge on any atom is 1.00 e. The number of rotatable bonds is 2. The Kier molecular flexibility index (Phi) is 17.0. The number of hydrogen-bond acceptors (Lipinski definition) is 2. The Morgan fingerprint density at radius 1 is 1.10 bits per heavy atom. The second-order valence-corrected chi connectivity index (χ2v) is 1.01. The Balaban J connectivity index is -0.0000000817. The first-order valence-corrected chi connectivity index (χ1v) is 1.77. The van der Waals surface area contributed by atoms with Crippen molar-refractivity contribution in [2.75, 3.05) is 0 Å². The molecule has 0 aromatic carbocycles. The van der Waals surface area contributed by atoms with E-state index in [1.165, 1.54) is 0 Å². The molecule has 0 spiro atoms. The fourth-order valence-corrected chi connectivity index (χ4v) is 0.143. The molecule has 0 aliphatic carbocycles. The van der Waals surface area contributed by atoms with Crippen molar-refractivity contribution in [3.05, 3.63) is 12.2 Å². The Bertz CT molecular complexity index is 133. The van der Waals surface area contributed by atoms with Crippen LogP contribution in [-0.4, -0.2) is 22.2 Å². The van der Waals surface area contributed by atoms with E-state index >= 15 is 0 Å². The van der Waals surface area contributed by atoms with E-state index in [-0.39, 0.29) is 72.3 Å². The van der Waals surface area contributed by atoms with Crippen LogP contribution in [0, 0.1) is 0 Å². The van der Waals surface area contributed by atoms with Crippen LogP contribution < -0.4 is 51.4 Å². The molecule has 0 amide bonds. The minimum absolute atomic E-state index is 0. The second kappa shape index (κ2) is 9.94. The van der Waals surface area contributed by atoms with Gasteiger partial charge in [0.1, 0.15) is 0 Å². The minimum Gasteiger partial charge on any atom is -1.00 e. The van der Waals surface area contributed by atoms with Crippen molar-refractivity contribution in [2.45, 2.75) is 0 Å². The molecule has 0 fully saturated rings. The van der Waals surface area contributed by atoms with E-state index in [4.69, 9.17) is 10.2 Å². The van der Waals surface area contributed by atoms with Gasteiger partial charge in [0.05, 0.1) is 0 Å². The number of carboxylic acid groups (broad SMARTS) is 2. The maximum absolute atomic E-state index is 9.55. The SMILES string of the molecule is O=C(O)/C=C\C(=O)O.[H-].[K+].[Rh]. The summed E-state index contributed by atoms with van der Waals surface area (Å²) in [4.78, 5) is 19.1. The monoisotopic (exact) mass is 259 g/mol. The molecule has 55 valence electrons. The Morgan fingerprint density at radius 3 is 1.40 bits per heavy atom. The molecule has 0 aliphatic heterocycles. The van der Waals surface area contributed by atoms with Crippen LogP contribution in [0.4, 0.5) is 0 Å². The van der Waals surface area contributed by atoms with Gasteiger partial charge in [-0.3, -0.25) is 0 Å². The van der Waals surface area contributed by atoms with Gasteiger partial charge in [0.25, 0.3) is 0 Å². The normalized spacial score (nSPS) is 7.60. The molecule has 2 N–H and O–H groups in total. The average Bonchev–Trinajstić information content (AvgIpc) is 1.61. The Labute approximate surface area is 114 Å². The fourth-order valence-electron chi connectivity index (χ4n) is 0.143. The summed E-state index contributed by atoms with van der Waals surface area (Å²) in [6, 6.07) is 0. The predicted octanol–water partition coefficient (Wildman–Crippen LogP) is -3.17. The van der Waals surface area contributed by atoms with E-state index in [9.17, 15) is 9.59 Å². The van der Waals surface area contributed by atoms with Crippen molar-refractivity contribution in [3.8, 4) is 0 Å². The van der Waals surface area contributed by atoms with E-state index in [1.54, 1.807) is 0 Å². The van der Waals surface area contributed by atoms with Crippen molar-refractivity contribution < 1.29 is 92.1 Å². The van der Waals surface area contributed by atoms with Gasteiger partial charge in [-0.05, 0) is 0 Å². The van der Waals surface area contributed by atoms with Gasteiger partial charge in [-0.1, -0.05) is 0 Å². The number of aliphatic carboxylic acids is 2. The van der Waals surface area contributed by atoms with Crippen molar-refractivity contribution in [1.82, 2.24) is 0 Å². The van der Waals surface area contributed by atoms with Crippen LogP contribution in [0.5, 0.6) is 0 Å². The van der Waals surface area contributed by atoms with Gasteiger partial charge >= 0.3 is 63.3 Å². The maximum atomic E-state index is 9.55. The number of carboxylic acids is 2. The van der Waals surface area contributed by atoms with Gasteiger partial charge in [-0.25, -0.2) is 9.59 Å². The van der Waals surface area contributed by atoms with Crippen molar-refractivity contribution in [1.29, 1.82) is 0 Å². The summed E-state index contributed by atoms with van der Waals surface area (Å²) >= 11 is 0. The molecular formula is C4H5KO4Rh. The fraction of sp³-hybridized carbons (Fsp3) is 0. The van der Waals surface area contributed by atoms with Crippen LogP contribution >= 0.6 is 0 Å². The van der Waals surface area contributed by atoms with Crippen LogP contribution in [0.1, 0.15) is 1.43 Å². The summed E-state index contributed by atoms with van der Waals surface area (Å²) in [5.74, 6) is -2.51. The van der Waals surface area contributed by atoms with Gasteiger partial charge in [0.2, 0.25) is 0 Å². The summed E-state index contributed by atoms with van der Waals surface area (Å²) < 4.78 is 0. The molecule has 0 atom stereocenters. The molecule has 0 saturated carbocycles. The van der Waals surface area contributed by atoms with Gasteiger partial charge in [0.15, 0.2) is 0 Å². The zero-order chi connectivity index (χ0) is 6.57. The van der Waals surface area contributed by atoms with Crippen molar-refractivity contribution in [2.24, 2.45) is 0 Å². The number of hydrogen-bond donors (Lipinski definition) is 2. The largest absolute Gasteiger partial charge is 1.00 e. The standard InChI is InChI=1S/C4H4O4.K.Rh.H/c5-3(6)1-2-4(7)8;;;/h1-2H,(H,5,6)(H,7,8);;;/q;+1;;-1/b2-1-;;;. The van der Waals surface area contributed by atoms with Crippen LogP contribution in [0.2, 0.25) is 0 Å². The third kappa shape index (κ3) is 16.0. The van der Waals surface area contributed by atoms with Gasteiger partial charge < -0.3 is 11.6 Å². The minimum atomic E-state index is -1.26. The molecule has 0 aromatic heterocycles. The third-order valence-corrected chi connectivity index (χ3v) is 0.368. The number of carbonyl (C=O) groups is 2. The summed E-state index contributed by atoms with van der Waals surface area (Å²) in [7, 11) is 0. The van der Waals surface area contributed by atoms with E-state index < -0.39 is 11.9 Å². The average molecular weight is 259 g/mol. The first-order valence-electron chi connectivity index (χ1n) is 1.77. The zero-order valence-electron chi connectivity index (χ0n) is 6.20. The van der Waals surface area contributed by atoms with Crippen molar-refractivity contribution in [3.63, 3.8) is 0 Å². The van der Waals surface area contributed by atoms with Gasteiger partial charge in [0, 0.05) is 31.6 Å². The quantitative estimate of drug-likeness (QED) is 0.405. The first kappa shape index (κ1) is 17.1. The molecule has 0 aromatic rings. The second-order valence-electron chi connectivity index (χ2n) is 1.01. The molecule has 0 aliphatic rings. The van der Waals surface area contributed by atoms with E-state index in [1.807, 2.05) is 0 Å². The topological polar surface area (TPSA) is 74.6 Å². The van der Waals surface area contributed by atoms with Crippen LogP contribution in [0.15, 0.2) is 12.2 Å². The van der Waals surface area contributed by atoms with Crippen molar-refractivity contribution >= 4 is 11.9 Å². The molecule has 1 radical (unpaired) electrons. The molecular weight excluding hydrogens is 254 g/mol. The van der Waals surface area contributed by atoms with E-state index in [0.717, 1.165) is 0 Å². The van der Waals surface area contributed by atoms with Crippen LogP contribution in [-0.2, 0) is 29.1 Å². The summed E-state index contributed by atoms with van der Waals surface area (Å²) in [6.45, 7) is 0. The molecule has 0 unspecified atom stereocenters. The first-order chi connectivity index (χ1) is 3.63. The predicted molar refractivity (Wildman–Crippen MR) is 25.5 cm³/mol. The molecule has 10 heavy (non-hydrogen) atoms. The summed E-state index contributed by atoms with van der Waals surface area (Å²) in [6.07, 6.45) is 1.12. The van der Waals surface area contributed by atoms with Crippen LogP contribution in [0.3, 0.4) is 0 Å². The molecule has 0 rings (SSSR count). The molecule has 0 saturated heterocycles.